The van der Waals surface area contributed by atoms with Crippen molar-refractivity contribution in [3.8, 4) is 11.5 Å². The highest BCUT2D eigenvalue weighted by Crippen LogP contribution is 2.31. The molecule has 0 fully saturated rings. The number of hydrogen-bond donors (Lipinski definition) is 2. The van der Waals surface area contributed by atoms with Crippen LogP contribution in [0, 0.1) is 0 Å². The molecule has 0 saturated heterocycles. The highest BCUT2D eigenvalue weighted by atomic mass is 16.5. The van der Waals surface area contributed by atoms with Crippen LogP contribution < -0.4 is 20.1 Å². The maximum atomic E-state index is 11.7. The van der Waals surface area contributed by atoms with Gasteiger partial charge in [0, 0.05) is 23.9 Å². The van der Waals surface area contributed by atoms with Crippen LogP contribution in [0.2, 0.25) is 0 Å². The first-order valence-electron chi connectivity index (χ1n) is 8.05. The Morgan fingerprint density at radius 3 is 2.33 bits per heavy atom. The Morgan fingerprint density at radius 2 is 1.71 bits per heavy atom. The molecule has 1 amide bonds. The van der Waals surface area contributed by atoms with E-state index in [2.05, 4.69) is 17.6 Å². The fraction of sp³-hybridized carbons (Fsp3) is 0.316. The quantitative estimate of drug-likeness (QED) is 0.745. The maximum Gasteiger partial charge on any atom is 0.224 e. The molecule has 0 unspecified atom stereocenters. The van der Waals surface area contributed by atoms with Crippen molar-refractivity contribution < 1.29 is 14.3 Å². The van der Waals surface area contributed by atoms with Crippen LogP contribution in [0.4, 0.5) is 17.1 Å². The number of carbonyl (C=O) groups excluding carboxylic acids is 1. The zero-order valence-corrected chi connectivity index (χ0v) is 14.4. The van der Waals surface area contributed by atoms with Gasteiger partial charge in [-0.15, -0.1) is 0 Å². The van der Waals surface area contributed by atoms with E-state index >= 15 is 0 Å². The lowest BCUT2D eigenvalue weighted by Gasteiger charge is -2.13. The first-order chi connectivity index (χ1) is 11.7. The molecule has 24 heavy (non-hydrogen) atoms. The fourth-order valence-electron chi connectivity index (χ4n) is 2.26. The third-order valence-electron chi connectivity index (χ3n) is 3.61. The van der Waals surface area contributed by atoms with Crippen molar-refractivity contribution in [2.75, 3.05) is 24.9 Å². The van der Waals surface area contributed by atoms with Crippen molar-refractivity contribution in [3.05, 3.63) is 42.5 Å². The van der Waals surface area contributed by atoms with E-state index in [9.17, 15) is 4.79 Å². The van der Waals surface area contributed by atoms with Crippen LogP contribution in [0.25, 0.3) is 0 Å². The van der Waals surface area contributed by atoms with Crippen LogP contribution >= 0.6 is 0 Å². The molecule has 0 atom stereocenters. The zero-order valence-electron chi connectivity index (χ0n) is 14.4. The normalized spacial score (nSPS) is 10.1. The van der Waals surface area contributed by atoms with Crippen molar-refractivity contribution in [3.63, 3.8) is 0 Å². The first kappa shape index (κ1) is 17.7. The zero-order chi connectivity index (χ0) is 17.4. The van der Waals surface area contributed by atoms with E-state index in [0.717, 1.165) is 35.7 Å². The van der Waals surface area contributed by atoms with E-state index < -0.39 is 0 Å². The van der Waals surface area contributed by atoms with Crippen molar-refractivity contribution in [2.24, 2.45) is 0 Å². The number of nitrogens with one attached hydrogen (secondary N) is 2. The molecular formula is C19H24N2O3. The van der Waals surface area contributed by atoms with Gasteiger partial charge in [-0.1, -0.05) is 13.3 Å². The molecule has 0 radical (unpaired) electrons. The molecular weight excluding hydrogens is 304 g/mol. The summed E-state index contributed by atoms with van der Waals surface area (Å²) in [7, 11) is 3.24. The SMILES string of the molecule is CCCCC(=O)Nc1ccc(Nc2ccc(OC)cc2OC)cc1. The Kier molecular flexibility index (Phi) is 6.49. The molecule has 0 bridgehead atoms. The number of methoxy groups -OCH3 is 2. The monoisotopic (exact) mass is 328 g/mol. The van der Waals surface area contributed by atoms with Gasteiger partial charge in [0.05, 0.1) is 19.9 Å². The Bertz CT molecular complexity index is 669. The number of amides is 1. The summed E-state index contributed by atoms with van der Waals surface area (Å²) >= 11 is 0. The highest BCUT2D eigenvalue weighted by Gasteiger charge is 2.06. The summed E-state index contributed by atoms with van der Waals surface area (Å²) in [6, 6.07) is 13.2. The average Bonchev–Trinajstić information content (AvgIpc) is 2.62. The second-order valence-corrected chi connectivity index (χ2v) is 5.42. The van der Waals surface area contributed by atoms with Crippen LogP contribution in [0.15, 0.2) is 42.5 Å². The van der Waals surface area contributed by atoms with Gasteiger partial charge in [-0.25, -0.2) is 0 Å². The van der Waals surface area contributed by atoms with E-state index in [0.29, 0.717) is 12.2 Å². The van der Waals surface area contributed by atoms with Gasteiger partial charge >= 0.3 is 0 Å². The summed E-state index contributed by atoms with van der Waals surface area (Å²) in [5.41, 5.74) is 2.55. The molecule has 0 aliphatic heterocycles. The van der Waals surface area contributed by atoms with Gasteiger partial charge in [-0.3, -0.25) is 4.79 Å². The summed E-state index contributed by atoms with van der Waals surface area (Å²) < 4.78 is 10.6. The van der Waals surface area contributed by atoms with Gasteiger partial charge in [0.1, 0.15) is 11.5 Å². The van der Waals surface area contributed by atoms with E-state index in [1.165, 1.54) is 0 Å². The van der Waals surface area contributed by atoms with Crippen LogP contribution in [-0.2, 0) is 4.79 Å². The molecule has 0 aromatic heterocycles. The van der Waals surface area contributed by atoms with Crippen molar-refractivity contribution in [2.45, 2.75) is 26.2 Å². The third kappa shape index (κ3) is 4.91. The standard InChI is InChI=1S/C19H24N2O3/c1-4-5-6-19(22)21-15-9-7-14(8-10-15)20-17-12-11-16(23-2)13-18(17)24-3/h7-13,20H,4-6H2,1-3H3,(H,21,22). The average molecular weight is 328 g/mol. The number of anilines is 3. The molecule has 5 nitrogen and oxygen atoms in total. The molecule has 2 aromatic carbocycles. The van der Waals surface area contributed by atoms with Crippen LogP contribution in [0.3, 0.4) is 0 Å². The summed E-state index contributed by atoms with van der Waals surface area (Å²) in [6.07, 6.45) is 2.47. The van der Waals surface area contributed by atoms with E-state index in [-0.39, 0.29) is 5.91 Å². The van der Waals surface area contributed by atoms with Crippen LogP contribution in [0.1, 0.15) is 26.2 Å². The van der Waals surface area contributed by atoms with Crippen molar-refractivity contribution in [1.82, 2.24) is 0 Å². The summed E-state index contributed by atoms with van der Waals surface area (Å²) in [4.78, 5) is 11.7. The summed E-state index contributed by atoms with van der Waals surface area (Å²) in [5.74, 6) is 1.49. The van der Waals surface area contributed by atoms with Gasteiger partial charge in [0.25, 0.3) is 0 Å². The second kappa shape index (κ2) is 8.82. The van der Waals surface area contributed by atoms with E-state index in [4.69, 9.17) is 9.47 Å². The molecule has 128 valence electrons. The van der Waals surface area contributed by atoms with Gasteiger partial charge in [-0.05, 0) is 42.8 Å². The lowest BCUT2D eigenvalue weighted by atomic mass is 10.2. The molecule has 5 heteroatoms. The Labute approximate surface area is 143 Å². The van der Waals surface area contributed by atoms with Gasteiger partial charge in [0.2, 0.25) is 5.91 Å². The van der Waals surface area contributed by atoms with Gasteiger partial charge in [-0.2, -0.15) is 0 Å². The van der Waals surface area contributed by atoms with Gasteiger partial charge in [0.15, 0.2) is 0 Å². The Balaban J connectivity index is 2.02. The second-order valence-electron chi connectivity index (χ2n) is 5.42. The van der Waals surface area contributed by atoms with Crippen LogP contribution in [-0.4, -0.2) is 20.1 Å². The predicted molar refractivity (Wildman–Crippen MR) is 97.4 cm³/mol. The lowest BCUT2D eigenvalue weighted by molar-refractivity contribution is -0.116. The molecule has 2 aromatic rings. The molecule has 0 heterocycles. The topological polar surface area (TPSA) is 59.6 Å². The summed E-state index contributed by atoms with van der Waals surface area (Å²) in [5, 5.41) is 6.19. The fourth-order valence-corrected chi connectivity index (χ4v) is 2.26. The molecule has 2 N–H and O–H groups in total. The molecule has 0 aliphatic rings. The maximum absolute atomic E-state index is 11.7. The third-order valence-corrected chi connectivity index (χ3v) is 3.61. The number of hydrogen-bond acceptors (Lipinski definition) is 4. The summed E-state index contributed by atoms with van der Waals surface area (Å²) in [6.45, 7) is 2.07. The lowest BCUT2D eigenvalue weighted by Crippen LogP contribution is -2.10. The number of unbranched alkanes of at least 4 members (excludes halogenated alkanes) is 1. The Morgan fingerprint density at radius 1 is 1.00 bits per heavy atom. The minimum atomic E-state index is 0.0504. The number of benzene rings is 2. The smallest absolute Gasteiger partial charge is 0.224 e. The minimum absolute atomic E-state index is 0.0504. The van der Waals surface area contributed by atoms with Crippen molar-refractivity contribution in [1.29, 1.82) is 0 Å². The van der Waals surface area contributed by atoms with E-state index in [1.807, 2.05) is 42.5 Å². The highest BCUT2D eigenvalue weighted by molar-refractivity contribution is 5.90. The van der Waals surface area contributed by atoms with Gasteiger partial charge < -0.3 is 20.1 Å². The first-order valence-corrected chi connectivity index (χ1v) is 8.05. The number of carbonyl (C=O) groups is 1. The Hall–Kier alpha value is -2.69. The molecule has 0 spiro atoms. The molecule has 0 aliphatic carbocycles. The number of ether oxygens (including phenoxy) is 2. The van der Waals surface area contributed by atoms with E-state index in [1.54, 1.807) is 14.2 Å². The predicted octanol–water partition coefficient (Wildman–Crippen LogP) is 4.58. The number of rotatable bonds is 8. The molecule has 2 rings (SSSR count). The van der Waals surface area contributed by atoms with Crippen LogP contribution in [0.5, 0.6) is 11.5 Å². The molecule has 0 saturated carbocycles. The largest absolute Gasteiger partial charge is 0.497 e. The van der Waals surface area contributed by atoms with Crippen molar-refractivity contribution >= 4 is 23.0 Å². The minimum Gasteiger partial charge on any atom is -0.497 e.